The van der Waals surface area contributed by atoms with Crippen LogP contribution in [0.1, 0.15) is 20.3 Å². The number of fused-ring (bicyclic) bond motifs is 1. The van der Waals surface area contributed by atoms with E-state index in [1.807, 2.05) is 6.92 Å². The van der Waals surface area contributed by atoms with Crippen molar-refractivity contribution in [3.05, 3.63) is 0 Å². The molecule has 0 amide bonds. The van der Waals surface area contributed by atoms with Gasteiger partial charge in [0.05, 0.1) is 6.61 Å². The lowest BCUT2D eigenvalue weighted by Crippen LogP contribution is -2.48. The normalized spacial score (nSPS) is 59.0. The summed E-state index contributed by atoms with van der Waals surface area (Å²) in [5.41, 5.74) is -1.28. The number of hydrogen-bond acceptors (Lipinski definition) is 4. The Bertz CT molecular complexity index is 207. The van der Waals surface area contributed by atoms with Crippen LogP contribution >= 0.6 is 0 Å². The second kappa shape index (κ2) is 2.20. The predicted molar refractivity (Wildman–Crippen MR) is 40.5 cm³/mol. The maximum Gasteiger partial charge on any atom is 0.158 e. The highest BCUT2D eigenvalue weighted by molar-refractivity contribution is 5.10. The van der Waals surface area contributed by atoms with Gasteiger partial charge in [0.15, 0.2) is 6.29 Å². The van der Waals surface area contributed by atoms with E-state index in [4.69, 9.17) is 9.47 Å². The maximum absolute atomic E-state index is 9.58. The first-order valence-corrected chi connectivity index (χ1v) is 4.16. The van der Waals surface area contributed by atoms with Crippen LogP contribution in [0.15, 0.2) is 0 Å². The molecule has 2 heterocycles. The summed E-state index contributed by atoms with van der Waals surface area (Å²) < 4.78 is 10.7. The highest BCUT2D eigenvalue weighted by atomic mass is 16.7. The first kappa shape index (κ1) is 8.44. The first-order valence-electron chi connectivity index (χ1n) is 4.16. The van der Waals surface area contributed by atoms with Gasteiger partial charge >= 0.3 is 0 Å². The van der Waals surface area contributed by atoms with Crippen LogP contribution in [0, 0.1) is 0 Å². The van der Waals surface area contributed by atoms with Crippen molar-refractivity contribution < 1.29 is 19.7 Å². The Hall–Kier alpha value is -0.160. The molecule has 4 nitrogen and oxygen atoms in total. The van der Waals surface area contributed by atoms with E-state index in [2.05, 4.69) is 0 Å². The van der Waals surface area contributed by atoms with Gasteiger partial charge in [-0.15, -0.1) is 0 Å². The summed E-state index contributed by atoms with van der Waals surface area (Å²) >= 11 is 0. The highest BCUT2D eigenvalue weighted by Gasteiger charge is 2.63. The lowest BCUT2D eigenvalue weighted by atomic mass is 9.84. The van der Waals surface area contributed by atoms with Crippen molar-refractivity contribution in [2.75, 3.05) is 6.61 Å². The Morgan fingerprint density at radius 3 is 2.58 bits per heavy atom. The minimum atomic E-state index is -0.810. The molecule has 0 unspecified atom stereocenters. The molecule has 2 saturated heterocycles. The summed E-state index contributed by atoms with van der Waals surface area (Å²) in [4.78, 5) is 0. The van der Waals surface area contributed by atoms with Crippen LogP contribution in [0.4, 0.5) is 0 Å². The molecule has 0 radical (unpaired) electrons. The zero-order chi connectivity index (χ0) is 8.98. The lowest BCUT2D eigenvalue weighted by Gasteiger charge is -2.32. The van der Waals surface area contributed by atoms with Gasteiger partial charge in [0, 0.05) is 6.42 Å². The van der Waals surface area contributed by atoms with Gasteiger partial charge in [-0.25, -0.2) is 0 Å². The highest BCUT2D eigenvalue weighted by Crippen LogP contribution is 2.47. The number of aliphatic hydroxyl groups excluding tert-OH is 2. The Balaban J connectivity index is 2.32. The summed E-state index contributed by atoms with van der Waals surface area (Å²) in [6, 6.07) is 0. The molecule has 2 fully saturated rings. The van der Waals surface area contributed by atoms with Gasteiger partial charge in [-0.05, 0) is 13.8 Å². The fraction of sp³-hybridized carbons (Fsp3) is 1.00. The number of rotatable bonds is 0. The molecule has 0 aromatic heterocycles. The monoisotopic (exact) mass is 174 g/mol. The van der Waals surface area contributed by atoms with Gasteiger partial charge in [0.1, 0.15) is 17.3 Å². The zero-order valence-electron chi connectivity index (χ0n) is 7.28. The summed E-state index contributed by atoms with van der Waals surface area (Å²) in [7, 11) is 0. The topological polar surface area (TPSA) is 58.9 Å². The van der Waals surface area contributed by atoms with Gasteiger partial charge in [0.2, 0.25) is 0 Å². The largest absolute Gasteiger partial charge is 0.388 e. The zero-order valence-corrected chi connectivity index (χ0v) is 7.28. The van der Waals surface area contributed by atoms with Crippen LogP contribution in [-0.2, 0) is 9.47 Å². The molecule has 4 atom stereocenters. The Morgan fingerprint density at radius 2 is 2.00 bits per heavy atom. The van der Waals surface area contributed by atoms with Crippen molar-refractivity contribution in [2.24, 2.45) is 0 Å². The second-order valence-corrected chi connectivity index (χ2v) is 3.94. The molecule has 2 rings (SSSR count). The van der Waals surface area contributed by atoms with Crippen LogP contribution < -0.4 is 0 Å². The van der Waals surface area contributed by atoms with E-state index in [1.165, 1.54) is 0 Å². The first-order chi connectivity index (χ1) is 5.48. The summed E-state index contributed by atoms with van der Waals surface area (Å²) in [6.45, 7) is 3.93. The second-order valence-electron chi connectivity index (χ2n) is 3.94. The number of ether oxygens (including phenoxy) is 2. The SMILES string of the molecule is C[C@@]12C[C@@H](O)O[C@]1(C)[C@H](O)CO2. The molecule has 0 aromatic carbocycles. The molecule has 0 aromatic rings. The van der Waals surface area contributed by atoms with E-state index >= 15 is 0 Å². The summed E-state index contributed by atoms with van der Waals surface area (Å²) in [6.07, 6.45) is -1.02. The van der Waals surface area contributed by atoms with E-state index in [0.29, 0.717) is 13.0 Å². The molecule has 0 bridgehead atoms. The van der Waals surface area contributed by atoms with Gasteiger partial charge in [-0.3, -0.25) is 0 Å². The van der Waals surface area contributed by atoms with Crippen LogP contribution in [-0.4, -0.2) is 40.4 Å². The van der Waals surface area contributed by atoms with Gasteiger partial charge in [0.25, 0.3) is 0 Å². The summed E-state index contributed by atoms with van der Waals surface area (Å²) in [5, 5.41) is 18.9. The Kier molecular flexibility index (Phi) is 1.55. The fourth-order valence-corrected chi connectivity index (χ4v) is 2.04. The predicted octanol–water partition coefficient (Wildman–Crippen LogP) is -0.366. The third-order valence-corrected chi connectivity index (χ3v) is 3.19. The Morgan fingerprint density at radius 1 is 1.33 bits per heavy atom. The van der Waals surface area contributed by atoms with Crippen molar-refractivity contribution in [1.29, 1.82) is 0 Å². The lowest BCUT2D eigenvalue weighted by molar-refractivity contribution is -0.167. The third-order valence-electron chi connectivity index (χ3n) is 3.19. The maximum atomic E-state index is 9.58. The van der Waals surface area contributed by atoms with Crippen molar-refractivity contribution in [3.8, 4) is 0 Å². The molecule has 0 spiro atoms. The molecule has 12 heavy (non-hydrogen) atoms. The molecule has 2 aliphatic rings. The van der Waals surface area contributed by atoms with Crippen LogP contribution in [0.5, 0.6) is 0 Å². The van der Waals surface area contributed by atoms with E-state index in [-0.39, 0.29) is 0 Å². The molecular formula is C8H14O4. The number of hydrogen-bond donors (Lipinski definition) is 2. The van der Waals surface area contributed by atoms with E-state index in [1.54, 1.807) is 6.92 Å². The molecule has 2 aliphatic heterocycles. The molecule has 0 saturated carbocycles. The van der Waals surface area contributed by atoms with Gasteiger partial charge < -0.3 is 19.7 Å². The fourth-order valence-electron chi connectivity index (χ4n) is 2.04. The minimum Gasteiger partial charge on any atom is -0.388 e. The van der Waals surface area contributed by atoms with E-state index < -0.39 is 23.6 Å². The summed E-state index contributed by atoms with van der Waals surface area (Å²) in [5.74, 6) is 0. The average molecular weight is 174 g/mol. The standard InChI is InChI=1S/C8H14O4/c1-7-3-6(10)12-8(7,2)5(9)4-11-7/h5-6,9-10H,3-4H2,1-2H3/t5-,6+,7-,8-/m1/s1. The van der Waals surface area contributed by atoms with Crippen molar-refractivity contribution >= 4 is 0 Å². The molecular weight excluding hydrogens is 160 g/mol. The van der Waals surface area contributed by atoms with E-state index in [9.17, 15) is 10.2 Å². The third kappa shape index (κ3) is 0.808. The van der Waals surface area contributed by atoms with Crippen LogP contribution in [0.25, 0.3) is 0 Å². The van der Waals surface area contributed by atoms with Gasteiger partial charge in [-0.1, -0.05) is 0 Å². The molecule has 0 aliphatic carbocycles. The van der Waals surface area contributed by atoms with Gasteiger partial charge in [-0.2, -0.15) is 0 Å². The quantitative estimate of drug-likeness (QED) is 0.526. The van der Waals surface area contributed by atoms with Crippen molar-refractivity contribution in [2.45, 2.75) is 43.9 Å². The van der Waals surface area contributed by atoms with Crippen molar-refractivity contribution in [3.63, 3.8) is 0 Å². The van der Waals surface area contributed by atoms with Crippen molar-refractivity contribution in [1.82, 2.24) is 0 Å². The molecule has 2 N–H and O–H groups in total. The van der Waals surface area contributed by atoms with Crippen LogP contribution in [0.3, 0.4) is 0 Å². The Labute approximate surface area is 71.1 Å². The smallest absolute Gasteiger partial charge is 0.158 e. The molecule has 4 heteroatoms. The number of aliphatic hydroxyl groups is 2. The minimum absolute atomic E-state index is 0.291. The van der Waals surface area contributed by atoms with Crippen LogP contribution in [0.2, 0.25) is 0 Å². The van der Waals surface area contributed by atoms with E-state index in [0.717, 1.165) is 0 Å². The average Bonchev–Trinajstić information content (AvgIpc) is 2.28. The molecule has 70 valence electrons.